The van der Waals surface area contributed by atoms with Crippen LogP contribution in [0.4, 0.5) is 4.39 Å². The second-order valence-electron chi connectivity index (χ2n) is 5.23. The summed E-state index contributed by atoms with van der Waals surface area (Å²) in [6, 6.07) is 6.38. The molecule has 21 heavy (non-hydrogen) atoms. The lowest BCUT2D eigenvalue weighted by atomic mass is 10.2. The van der Waals surface area contributed by atoms with Gasteiger partial charge in [0.15, 0.2) is 0 Å². The summed E-state index contributed by atoms with van der Waals surface area (Å²) in [5.41, 5.74) is 0. The van der Waals surface area contributed by atoms with Crippen molar-refractivity contribution in [3.63, 3.8) is 0 Å². The normalized spacial score (nSPS) is 22.7. The van der Waals surface area contributed by atoms with E-state index in [0.717, 1.165) is 10.1 Å². The van der Waals surface area contributed by atoms with Gasteiger partial charge in [-0.1, -0.05) is 6.07 Å². The summed E-state index contributed by atoms with van der Waals surface area (Å²) in [5, 5.41) is 0.889. The Morgan fingerprint density at radius 1 is 1.48 bits per heavy atom. The molecule has 2 aromatic rings. The SMILES string of the molecule is CC1CN(C(=O)c2cc3ccc(F)cc3s2)CC(CCl)O1. The molecule has 1 aromatic carbocycles. The summed E-state index contributed by atoms with van der Waals surface area (Å²) in [4.78, 5) is 15.0. The lowest BCUT2D eigenvalue weighted by Gasteiger charge is -2.35. The molecule has 3 nitrogen and oxygen atoms in total. The van der Waals surface area contributed by atoms with Crippen LogP contribution in [0, 0.1) is 5.82 Å². The standard InChI is InChI=1S/C15H15ClFNO2S/c1-9-7-18(8-12(6-16)20-9)15(19)14-4-10-2-3-11(17)5-13(10)21-14/h2-5,9,12H,6-8H2,1H3. The first-order valence-corrected chi connectivity index (χ1v) is 8.11. The van der Waals surface area contributed by atoms with Crippen molar-refractivity contribution in [3.8, 4) is 0 Å². The van der Waals surface area contributed by atoms with Gasteiger partial charge < -0.3 is 9.64 Å². The molecule has 0 saturated carbocycles. The molecular formula is C15H15ClFNO2S. The first-order valence-electron chi connectivity index (χ1n) is 6.76. The molecule has 1 aromatic heterocycles. The summed E-state index contributed by atoms with van der Waals surface area (Å²) in [5.74, 6) is 0.0404. The highest BCUT2D eigenvalue weighted by Crippen LogP contribution is 2.28. The predicted octanol–water partition coefficient (Wildman–Crippen LogP) is 3.51. The molecule has 1 aliphatic rings. The Bertz CT molecular complexity index is 675. The van der Waals surface area contributed by atoms with Gasteiger partial charge in [-0.05, 0) is 30.5 Å². The van der Waals surface area contributed by atoms with Gasteiger partial charge in [-0.15, -0.1) is 22.9 Å². The summed E-state index contributed by atoms with van der Waals surface area (Å²) >= 11 is 7.16. The fraction of sp³-hybridized carbons (Fsp3) is 0.400. The van der Waals surface area contributed by atoms with Gasteiger partial charge in [-0.25, -0.2) is 4.39 Å². The molecule has 1 fully saturated rings. The maximum atomic E-state index is 13.2. The Balaban J connectivity index is 1.85. The molecule has 0 radical (unpaired) electrons. The average Bonchev–Trinajstić information content (AvgIpc) is 2.88. The fourth-order valence-corrected chi connectivity index (χ4v) is 3.79. The molecule has 112 valence electrons. The predicted molar refractivity (Wildman–Crippen MR) is 82.7 cm³/mol. The number of carbonyl (C=O) groups excluding carboxylic acids is 1. The van der Waals surface area contributed by atoms with E-state index in [1.54, 1.807) is 11.0 Å². The zero-order valence-corrected chi connectivity index (χ0v) is 13.1. The van der Waals surface area contributed by atoms with Crippen LogP contribution in [0.3, 0.4) is 0 Å². The summed E-state index contributed by atoms with van der Waals surface area (Å²) < 4.78 is 19.7. The highest BCUT2D eigenvalue weighted by Gasteiger charge is 2.29. The molecule has 6 heteroatoms. The number of alkyl halides is 1. The van der Waals surface area contributed by atoms with Crippen molar-refractivity contribution in [2.75, 3.05) is 19.0 Å². The number of ether oxygens (including phenoxy) is 1. The van der Waals surface area contributed by atoms with Crippen molar-refractivity contribution < 1.29 is 13.9 Å². The fourth-order valence-electron chi connectivity index (χ4n) is 2.56. The second-order valence-corrected chi connectivity index (χ2v) is 6.62. The smallest absolute Gasteiger partial charge is 0.264 e. The third kappa shape index (κ3) is 3.05. The lowest BCUT2D eigenvalue weighted by Crippen LogP contribution is -2.49. The lowest BCUT2D eigenvalue weighted by molar-refractivity contribution is -0.0569. The van der Waals surface area contributed by atoms with Crippen LogP contribution in [0.25, 0.3) is 10.1 Å². The Kier molecular flexibility index (Phi) is 4.15. The van der Waals surface area contributed by atoms with Gasteiger partial charge in [0.25, 0.3) is 5.91 Å². The van der Waals surface area contributed by atoms with Crippen molar-refractivity contribution >= 4 is 38.9 Å². The zero-order chi connectivity index (χ0) is 15.0. The molecule has 0 spiro atoms. The first-order chi connectivity index (χ1) is 10.1. The third-order valence-electron chi connectivity index (χ3n) is 3.48. The highest BCUT2D eigenvalue weighted by molar-refractivity contribution is 7.20. The van der Waals surface area contributed by atoms with Gasteiger partial charge in [0.2, 0.25) is 0 Å². The quantitative estimate of drug-likeness (QED) is 0.790. The third-order valence-corrected chi connectivity index (χ3v) is 4.91. The number of hydrogen-bond donors (Lipinski definition) is 0. The van der Waals surface area contributed by atoms with Crippen molar-refractivity contribution in [3.05, 3.63) is 35.0 Å². The average molecular weight is 328 g/mol. The van der Waals surface area contributed by atoms with Crippen LogP contribution >= 0.6 is 22.9 Å². The van der Waals surface area contributed by atoms with Crippen molar-refractivity contribution in [2.45, 2.75) is 19.1 Å². The first kappa shape index (κ1) is 14.8. The number of fused-ring (bicyclic) bond motifs is 1. The maximum Gasteiger partial charge on any atom is 0.264 e. The number of morpholine rings is 1. The van der Waals surface area contributed by atoms with E-state index < -0.39 is 0 Å². The van der Waals surface area contributed by atoms with E-state index in [1.165, 1.54) is 23.5 Å². The monoisotopic (exact) mass is 327 g/mol. The number of nitrogens with zero attached hydrogens (tertiary/aromatic N) is 1. The van der Waals surface area contributed by atoms with E-state index in [-0.39, 0.29) is 23.9 Å². The van der Waals surface area contributed by atoms with Crippen LogP contribution < -0.4 is 0 Å². The maximum absolute atomic E-state index is 13.2. The van der Waals surface area contributed by atoms with Crippen molar-refractivity contribution in [2.24, 2.45) is 0 Å². The number of thiophene rings is 1. The Morgan fingerprint density at radius 2 is 2.29 bits per heavy atom. The van der Waals surface area contributed by atoms with Crippen LogP contribution in [-0.2, 0) is 4.74 Å². The summed E-state index contributed by atoms with van der Waals surface area (Å²) in [6.07, 6.45) is -0.163. The Hall–Kier alpha value is -1.17. The number of halogens is 2. The minimum atomic E-state index is -0.287. The van der Waals surface area contributed by atoms with E-state index in [0.29, 0.717) is 23.8 Å². The topological polar surface area (TPSA) is 29.5 Å². The van der Waals surface area contributed by atoms with Gasteiger partial charge in [0.1, 0.15) is 5.82 Å². The molecule has 1 aliphatic heterocycles. The largest absolute Gasteiger partial charge is 0.370 e. The van der Waals surface area contributed by atoms with Crippen molar-refractivity contribution in [1.82, 2.24) is 4.90 Å². The Labute approximate surface area is 131 Å². The van der Waals surface area contributed by atoms with Crippen molar-refractivity contribution in [1.29, 1.82) is 0 Å². The van der Waals surface area contributed by atoms with Crippen LogP contribution in [0.1, 0.15) is 16.6 Å². The number of amides is 1. The van der Waals surface area contributed by atoms with Crippen LogP contribution in [0.2, 0.25) is 0 Å². The summed E-state index contributed by atoms with van der Waals surface area (Å²) in [6.45, 7) is 2.98. The van der Waals surface area contributed by atoms with Crippen LogP contribution in [0.5, 0.6) is 0 Å². The van der Waals surface area contributed by atoms with Gasteiger partial charge in [-0.3, -0.25) is 4.79 Å². The number of carbonyl (C=O) groups is 1. The Morgan fingerprint density at radius 3 is 3.05 bits per heavy atom. The molecule has 0 aliphatic carbocycles. The highest BCUT2D eigenvalue weighted by atomic mass is 35.5. The number of hydrogen-bond acceptors (Lipinski definition) is 3. The molecule has 3 rings (SSSR count). The molecular weight excluding hydrogens is 313 g/mol. The zero-order valence-electron chi connectivity index (χ0n) is 11.5. The molecule has 2 heterocycles. The number of benzene rings is 1. The summed E-state index contributed by atoms with van der Waals surface area (Å²) in [7, 11) is 0. The molecule has 2 unspecified atom stereocenters. The minimum absolute atomic E-state index is 0.0294. The van der Waals surface area contributed by atoms with E-state index in [1.807, 2.05) is 13.0 Å². The molecule has 1 amide bonds. The van der Waals surface area contributed by atoms with E-state index in [9.17, 15) is 9.18 Å². The van der Waals surface area contributed by atoms with Crippen LogP contribution in [0.15, 0.2) is 24.3 Å². The van der Waals surface area contributed by atoms with Gasteiger partial charge >= 0.3 is 0 Å². The van der Waals surface area contributed by atoms with Gasteiger partial charge in [-0.2, -0.15) is 0 Å². The van der Waals surface area contributed by atoms with E-state index in [2.05, 4.69) is 0 Å². The molecule has 0 bridgehead atoms. The van der Waals surface area contributed by atoms with E-state index >= 15 is 0 Å². The van der Waals surface area contributed by atoms with E-state index in [4.69, 9.17) is 16.3 Å². The molecule has 0 N–H and O–H groups in total. The van der Waals surface area contributed by atoms with Gasteiger partial charge in [0.05, 0.1) is 23.0 Å². The molecule has 1 saturated heterocycles. The number of rotatable bonds is 2. The minimum Gasteiger partial charge on any atom is -0.370 e. The van der Waals surface area contributed by atoms with Gasteiger partial charge in [0, 0.05) is 17.8 Å². The second kappa shape index (κ2) is 5.91. The molecule has 2 atom stereocenters. The van der Waals surface area contributed by atoms with Crippen LogP contribution in [-0.4, -0.2) is 42.0 Å².